The Balaban J connectivity index is 1.69. The Morgan fingerprint density at radius 3 is 2.68 bits per heavy atom. The second kappa shape index (κ2) is 11.8. The van der Waals surface area contributed by atoms with E-state index in [1.165, 1.54) is 18.2 Å². The Morgan fingerprint density at radius 1 is 1.18 bits per heavy atom. The lowest BCUT2D eigenvalue weighted by Crippen LogP contribution is -2.15. The predicted molar refractivity (Wildman–Crippen MR) is 132 cm³/mol. The number of nitrogens with one attached hydrogen (secondary N) is 1. The molecule has 3 rings (SSSR count). The zero-order valence-electron chi connectivity index (χ0n) is 18.0. The van der Waals surface area contributed by atoms with E-state index in [0.29, 0.717) is 38.3 Å². The van der Waals surface area contributed by atoms with E-state index >= 15 is 0 Å². The highest BCUT2D eigenvalue weighted by Gasteiger charge is 2.23. The highest BCUT2D eigenvalue weighted by Crippen LogP contribution is 2.37. The van der Waals surface area contributed by atoms with Gasteiger partial charge in [-0.1, -0.05) is 35.3 Å². The standard InChI is InChI=1S/C23H20Cl2N2O6S/c1-2-32-23(29)21-17(14-5-3-6-16(11-14)27(30)31)13-34-22(21)26-20(28)7-4-10-33-19-9-8-15(24)12-18(19)25/h3,5-6,8-9,11-13H,2,4,7,10H2,1H3,(H,26,28). The molecule has 178 valence electrons. The maximum absolute atomic E-state index is 12.7. The summed E-state index contributed by atoms with van der Waals surface area (Å²) in [5.74, 6) is -0.471. The highest BCUT2D eigenvalue weighted by molar-refractivity contribution is 7.15. The minimum atomic E-state index is -0.624. The Kier molecular flexibility index (Phi) is 8.86. The first-order valence-corrected chi connectivity index (χ1v) is 11.8. The summed E-state index contributed by atoms with van der Waals surface area (Å²) in [7, 11) is 0. The first-order chi connectivity index (χ1) is 16.3. The third-order valence-electron chi connectivity index (χ3n) is 4.59. The largest absolute Gasteiger partial charge is 0.492 e. The van der Waals surface area contributed by atoms with Gasteiger partial charge >= 0.3 is 5.97 Å². The molecule has 0 fully saturated rings. The van der Waals surface area contributed by atoms with Crippen molar-refractivity contribution in [2.45, 2.75) is 19.8 Å². The van der Waals surface area contributed by atoms with Crippen LogP contribution < -0.4 is 10.1 Å². The summed E-state index contributed by atoms with van der Waals surface area (Å²) in [6.07, 6.45) is 0.542. The number of ether oxygens (including phenoxy) is 2. The van der Waals surface area contributed by atoms with Crippen LogP contribution in [0, 0.1) is 10.1 Å². The lowest BCUT2D eigenvalue weighted by Gasteiger charge is -2.10. The Hall–Kier alpha value is -3.14. The van der Waals surface area contributed by atoms with Gasteiger partial charge in [-0.3, -0.25) is 14.9 Å². The summed E-state index contributed by atoms with van der Waals surface area (Å²) in [5.41, 5.74) is 0.972. The summed E-state index contributed by atoms with van der Waals surface area (Å²) in [6, 6.07) is 10.8. The van der Waals surface area contributed by atoms with E-state index in [9.17, 15) is 19.7 Å². The smallest absolute Gasteiger partial charge is 0.341 e. The molecule has 1 aromatic heterocycles. The number of nitrogens with zero attached hydrogens (tertiary/aromatic N) is 1. The lowest BCUT2D eigenvalue weighted by atomic mass is 10.0. The molecule has 0 bridgehead atoms. The third kappa shape index (κ3) is 6.47. The van der Waals surface area contributed by atoms with Gasteiger partial charge in [0, 0.05) is 34.5 Å². The van der Waals surface area contributed by atoms with E-state index in [0.717, 1.165) is 11.3 Å². The molecule has 0 aliphatic rings. The topological polar surface area (TPSA) is 108 Å². The van der Waals surface area contributed by atoms with Gasteiger partial charge in [-0.2, -0.15) is 0 Å². The van der Waals surface area contributed by atoms with Gasteiger partial charge < -0.3 is 14.8 Å². The van der Waals surface area contributed by atoms with Crippen molar-refractivity contribution in [1.82, 2.24) is 0 Å². The van der Waals surface area contributed by atoms with Crippen LogP contribution in [0.25, 0.3) is 11.1 Å². The third-order valence-corrected chi connectivity index (χ3v) is 6.02. The lowest BCUT2D eigenvalue weighted by molar-refractivity contribution is -0.384. The van der Waals surface area contributed by atoms with Gasteiger partial charge in [0.05, 0.1) is 23.2 Å². The van der Waals surface area contributed by atoms with Crippen molar-refractivity contribution in [2.75, 3.05) is 18.5 Å². The molecule has 0 saturated carbocycles. The molecule has 2 aromatic carbocycles. The quantitative estimate of drug-likeness (QED) is 0.139. The summed E-state index contributed by atoms with van der Waals surface area (Å²) in [5, 5.41) is 16.7. The van der Waals surface area contributed by atoms with Crippen molar-refractivity contribution < 1.29 is 24.0 Å². The molecule has 11 heteroatoms. The molecule has 0 radical (unpaired) electrons. The van der Waals surface area contributed by atoms with Crippen LogP contribution in [0.5, 0.6) is 5.75 Å². The molecule has 1 amide bonds. The van der Waals surface area contributed by atoms with Crippen LogP contribution in [-0.2, 0) is 9.53 Å². The number of non-ortho nitro benzene ring substituents is 1. The molecule has 0 saturated heterocycles. The SMILES string of the molecule is CCOC(=O)c1c(-c2cccc([N+](=O)[O-])c2)csc1NC(=O)CCCOc1ccc(Cl)cc1Cl. The second-order valence-corrected chi connectivity index (χ2v) is 8.68. The minimum absolute atomic E-state index is 0.107. The zero-order valence-corrected chi connectivity index (χ0v) is 20.3. The second-order valence-electron chi connectivity index (χ2n) is 6.96. The first-order valence-electron chi connectivity index (χ1n) is 10.2. The Morgan fingerprint density at radius 2 is 1.97 bits per heavy atom. The number of carbonyl (C=O) groups excluding carboxylic acids is 2. The van der Waals surface area contributed by atoms with Gasteiger partial charge in [-0.25, -0.2) is 4.79 Å². The van der Waals surface area contributed by atoms with Crippen LogP contribution in [0.15, 0.2) is 47.8 Å². The first kappa shape index (κ1) is 25.5. The number of benzene rings is 2. The van der Waals surface area contributed by atoms with Gasteiger partial charge in [-0.15, -0.1) is 11.3 Å². The van der Waals surface area contributed by atoms with Crippen LogP contribution in [0.2, 0.25) is 10.0 Å². The zero-order chi connectivity index (χ0) is 24.7. The number of halogens is 2. The van der Waals surface area contributed by atoms with Gasteiger partial charge in [-0.05, 0) is 37.1 Å². The van der Waals surface area contributed by atoms with Crippen LogP contribution in [-0.4, -0.2) is 30.0 Å². The molecule has 0 aliphatic heterocycles. The Labute approximate surface area is 209 Å². The molecule has 8 nitrogen and oxygen atoms in total. The van der Waals surface area contributed by atoms with Crippen molar-refractivity contribution in [1.29, 1.82) is 0 Å². The maximum atomic E-state index is 12.7. The molecule has 1 N–H and O–H groups in total. The van der Waals surface area contributed by atoms with E-state index in [-0.39, 0.29) is 36.8 Å². The number of carbonyl (C=O) groups is 2. The van der Waals surface area contributed by atoms with Crippen LogP contribution in [0.4, 0.5) is 10.7 Å². The number of esters is 1. The van der Waals surface area contributed by atoms with Gasteiger partial charge in [0.25, 0.3) is 5.69 Å². The van der Waals surface area contributed by atoms with Crippen molar-refractivity contribution in [3.8, 4) is 16.9 Å². The van der Waals surface area contributed by atoms with Crippen molar-refractivity contribution in [3.63, 3.8) is 0 Å². The Bertz CT molecular complexity index is 1210. The van der Waals surface area contributed by atoms with Gasteiger partial charge in [0.15, 0.2) is 0 Å². The van der Waals surface area contributed by atoms with Crippen LogP contribution >= 0.6 is 34.5 Å². The number of rotatable bonds is 10. The van der Waals surface area contributed by atoms with E-state index in [2.05, 4.69) is 5.32 Å². The van der Waals surface area contributed by atoms with E-state index in [1.807, 2.05) is 0 Å². The average molecular weight is 523 g/mol. The number of nitro benzene ring substituents is 1. The van der Waals surface area contributed by atoms with Crippen LogP contribution in [0.3, 0.4) is 0 Å². The fraction of sp³-hybridized carbons (Fsp3) is 0.217. The molecule has 0 spiro atoms. The molecule has 0 atom stereocenters. The number of hydrogen-bond donors (Lipinski definition) is 1. The number of amides is 1. The number of nitro groups is 1. The average Bonchev–Trinajstić information content (AvgIpc) is 3.21. The number of hydrogen-bond acceptors (Lipinski definition) is 7. The highest BCUT2D eigenvalue weighted by atomic mass is 35.5. The minimum Gasteiger partial charge on any atom is -0.492 e. The van der Waals surface area contributed by atoms with Crippen molar-refractivity contribution >= 4 is 57.1 Å². The fourth-order valence-corrected chi connectivity index (χ4v) is 4.49. The number of thiophene rings is 1. The molecule has 1 heterocycles. The number of anilines is 1. The predicted octanol–water partition coefficient (Wildman–Crippen LogP) is 6.60. The summed E-state index contributed by atoms with van der Waals surface area (Å²) < 4.78 is 10.7. The molecule has 3 aromatic rings. The van der Waals surface area contributed by atoms with E-state index in [1.54, 1.807) is 36.6 Å². The molecule has 0 aliphatic carbocycles. The summed E-state index contributed by atoms with van der Waals surface area (Å²) >= 11 is 13.1. The maximum Gasteiger partial charge on any atom is 0.341 e. The molecule has 0 unspecified atom stereocenters. The molecular formula is C23H20Cl2N2O6S. The molecular weight excluding hydrogens is 503 g/mol. The van der Waals surface area contributed by atoms with Gasteiger partial charge in [0.2, 0.25) is 5.91 Å². The molecule has 34 heavy (non-hydrogen) atoms. The summed E-state index contributed by atoms with van der Waals surface area (Å²) in [4.78, 5) is 35.8. The van der Waals surface area contributed by atoms with Crippen molar-refractivity contribution in [2.24, 2.45) is 0 Å². The van der Waals surface area contributed by atoms with E-state index < -0.39 is 10.9 Å². The summed E-state index contributed by atoms with van der Waals surface area (Å²) in [6.45, 7) is 2.06. The normalized spacial score (nSPS) is 10.6. The fourth-order valence-electron chi connectivity index (χ4n) is 3.05. The van der Waals surface area contributed by atoms with Crippen molar-refractivity contribution in [3.05, 3.63) is 73.6 Å². The van der Waals surface area contributed by atoms with E-state index in [4.69, 9.17) is 32.7 Å². The monoisotopic (exact) mass is 522 g/mol. The van der Waals surface area contributed by atoms with Gasteiger partial charge in [0.1, 0.15) is 16.3 Å². The van der Waals surface area contributed by atoms with Crippen LogP contribution in [0.1, 0.15) is 30.1 Å².